The van der Waals surface area contributed by atoms with Crippen LogP contribution in [0.1, 0.15) is 69.9 Å². The van der Waals surface area contributed by atoms with E-state index in [4.69, 9.17) is 13.9 Å². The van der Waals surface area contributed by atoms with E-state index in [1.54, 1.807) is 63.3 Å². The van der Waals surface area contributed by atoms with Gasteiger partial charge in [0.2, 0.25) is 5.60 Å². The van der Waals surface area contributed by atoms with E-state index in [0.717, 1.165) is 0 Å². The molecule has 1 fully saturated rings. The molecule has 1 unspecified atom stereocenters. The number of rotatable bonds is 4. The van der Waals surface area contributed by atoms with Gasteiger partial charge in [-0.2, -0.15) is 26.3 Å². The molecule has 3 aromatic rings. The van der Waals surface area contributed by atoms with Gasteiger partial charge in [-0.3, -0.25) is 5.32 Å². The van der Waals surface area contributed by atoms with Crippen LogP contribution in [0.4, 0.5) is 42.6 Å². The molecule has 0 saturated carbocycles. The topological polar surface area (TPSA) is 103 Å². The number of nitrogens with one attached hydrogen (secondary N) is 1. The molecular weight excluding hydrogens is 620 g/mol. The Kier molecular flexibility index (Phi) is 9.08. The zero-order chi connectivity index (χ0) is 33.3. The van der Waals surface area contributed by atoms with Gasteiger partial charge < -0.3 is 18.8 Å². The lowest BCUT2D eigenvalue weighted by molar-refractivity contribution is -0.299. The van der Waals surface area contributed by atoms with Gasteiger partial charge in [0.15, 0.2) is 5.69 Å². The average molecular weight is 654 g/mol. The molecule has 0 aliphatic carbocycles. The van der Waals surface area contributed by atoms with Gasteiger partial charge in [0, 0.05) is 12.6 Å². The lowest BCUT2D eigenvalue weighted by atomic mass is 9.95. The van der Waals surface area contributed by atoms with Gasteiger partial charge in [0.25, 0.3) is 11.8 Å². The third-order valence-electron chi connectivity index (χ3n) is 7.59. The van der Waals surface area contributed by atoms with Crippen molar-refractivity contribution < 1.29 is 45.0 Å². The average Bonchev–Trinajstić information content (AvgIpc) is 3.63. The van der Waals surface area contributed by atoms with E-state index < -0.39 is 83.3 Å². The summed E-state index contributed by atoms with van der Waals surface area (Å²) in [4.78, 5) is 18.5. The molecule has 4 bridgehead atoms. The van der Waals surface area contributed by atoms with E-state index >= 15 is 13.2 Å². The summed E-state index contributed by atoms with van der Waals surface area (Å²) in [5, 5.41) is 9.75. The normalized spacial score (nSPS) is 20.6. The summed E-state index contributed by atoms with van der Waals surface area (Å²) in [5.74, 6) is -2.06. The molecular formula is C31H33F6N5O4. The lowest BCUT2D eigenvalue weighted by Crippen LogP contribution is -2.45. The van der Waals surface area contributed by atoms with Crippen LogP contribution in [0.25, 0.3) is 11.6 Å². The second-order valence-electron chi connectivity index (χ2n) is 12.1. The Labute approximate surface area is 261 Å². The first-order chi connectivity index (χ1) is 21.6. The number of anilines is 2. The fourth-order valence-corrected chi connectivity index (χ4v) is 5.47. The van der Waals surface area contributed by atoms with Crippen LogP contribution in [0, 0.1) is 0 Å². The number of amides is 1. The summed E-state index contributed by atoms with van der Waals surface area (Å²) >= 11 is 0. The number of halogens is 6. The van der Waals surface area contributed by atoms with Gasteiger partial charge in [-0.15, -0.1) is 10.2 Å². The van der Waals surface area contributed by atoms with Crippen LogP contribution in [0.5, 0.6) is 0 Å². The minimum absolute atomic E-state index is 0.110. The minimum atomic E-state index is -5.05. The highest BCUT2D eigenvalue weighted by Gasteiger charge is 2.61. The van der Waals surface area contributed by atoms with Crippen molar-refractivity contribution in [3.63, 3.8) is 0 Å². The molecule has 15 heteroatoms. The van der Waals surface area contributed by atoms with Gasteiger partial charge in [0.1, 0.15) is 17.0 Å². The molecule has 1 amide bonds. The number of hydrogen-bond acceptors (Lipinski definition) is 8. The predicted molar refractivity (Wildman–Crippen MR) is 155 cm³/mol. The molecule has 2 aliphatic rings. The molecule has 5 rings (SSSR count). The molecule has 9 nitrogen and oxygen atoms in total. The lowest BCUT2D eigenvalue weighted by Gasteiger charge is -2.32. The maximum Gasteiger partial charge on any atom is 0.426 e. The van der Waals surface area contributed by atoms with Crippen molar-refractivity contribution in [2.45, 2.75) is 89.1 Å². The summed E-state index contributed by atoms with van der Waals surface area (Å²) in [6, 6.07) is 8.46. The third kappa shape index (κ3) is 7.13. The second kappa shape index (κ2) is 12.6. The number of fused-ring (bicyclic) bond motifs is 7. The fourth-order valence-electron chi connectivity index (χ4n) is 5.47. The van der Waals surface area contributed by atoms with Crippen molar-refractivity contribution in [2.24, 2.45) is 0 Å². The Morgan fingerprint density at radius 1 is 1.09 bits per heavy atom. The van der Waals surface area contributed by atoms with Crippen molar-refractivity contribution in [3.8, 4) is 11.6 Å². The number of ether oxygens (including phenoxy) is 2. The molecule has 46 heavy (non-hydrogen) atoms. The summed E-state index contributed by atoms with van der Waals surface area (Å²) in [6.07, 6.45) is -7.23. The molecule has 1 N–H and O–H groups in total. The van der Waals surface area contributed by atoms with Crippen molar-refractivity contribution in [3.05, 3.63) is 65.6 Å². The van der Waals surface area contributed by atoms with Crippen LogP contribution in [0.3, 0.4) is 0 Å². The Morgan fingerprint density at radius 2 is 1.83 bits per heavy atom. The SMILES string of the molecule is CC(C)(C)OC(=O)Nc1cc(C(F)(F)F)c2nc1-c1nnc(o1)C(OCc1ccccc1)(C(F)(F)F)CCC=CC[C@@H]1CCCN21. The number of hydrogen-bond donors (Lipinski definition) is 1. The van der Waals surface area contributed by atoms with Crippen molar-refractivity contribution in [1.29, 1.82) is 0 Å². The molecule has 2 aromatic heterocycles. The Bertz CT molecular complexity index is 1570. The predicted octanol–water partition coefficient (Wildman–Crippen LogP) is 8.18. The van der Waals surface area contributed by atoms with E-state index in [2.05, 4.69) is 20.5 Å². The van der Waals surface area contributed by atoms with Crippen LogP contribution in [-0.4, -0.2) is 45.6 Å². The smallest absolute Gasteiger partial charge is 0.426 e. The molecule has 1 aromatic carbocycles. The summed E-state index contributed by atoms with van der Waals surface area (Å²) in [5.41, 5.74) is -5.78. The number of benzene rings is 1. The first kappa shape index (κ1) is 33.2. The number of aromatic nitrogens is 3. The standard InChI is InChI=1S/C31H33F6N5O4/c1-28(2,3)46-27(43)38-22-17-21(30(32,33)34)24-39-23(22)25-40-41-26(45-25)29(31(35,36)37,44-18-19-11-6-4-7-12-19)15-9-5-8-13-20-14-10-16-42(20)24/h4-8,11-12,17,20H,9-10,13-16,18H2,1-3H3,(H,38,43)/t20-,29?/m1/s1. The van der Waals surface area contributed by atoms with Gasteiger partial charge in [-0.25, -0.2) is 9.78 Å². The third-order valence-corrected chi connectivity index (χ3v) is 7.59. The quantitative estimate of drug-likeness (QED) is 0.222. The maximum absolute atomic E-state index is 15.0. The zero-order valence-corrected chi connectivity index (χ0v) is 25.3. The van der Waals surface area contributed by atoms with Gasteiger partial charge in [0.05, 0.1) is 12.3 Å². The molecule has 1 saturated heterocycles. The largest absolute Gasteiger partial charge is 0.444 e. The zero-order valence-electron chi connectivity index (χ0n) is 25.3. The number of allylic oxidation sites excluding steroid dienone is 1. The number of carbonyl (C=O) groups is 1. The highest BCUT2D eigenvalue weighted by Crippen LogP contribution is 2.48. The Hall–Kier alpha value is -4.14. The van der Waals surface area contributed by atoms with Crippen molar-refractivity contribution in [1.82, 2.24) is 15.2 Å². The molecule has 248 valence electrons. The van der Waals surface area contributed by atoms with Crippen LogP contribution in [0.15, 0.2) is 53.0 Å². The summed E-state index contributed by atoms with van der Waals surface area (Å²) < 4.78 is 105. The Morgan fingerprint density at radius 3 is 2.50 bits per heavy atom. The number of alkyl halides is 6. The molecule has 2 atom stereocenters. The van der Waals surface area contributed by atoms with E-state index in [1.165, 1.54) is 4.90 Å². The van der Waals surface area contributed by atoms with E-state index in [0.29, 0.717) is 24.5 Å². The Balaban J connectivity index is 1.70. The number of nitrogens with zero attached hydrogens (tertiary/aromatic N) is 4. The fraction of sp³-hybridized carbons (Fsp3) is 0.484. The van der Waals surface area contributed by atoms with Crippen LogP contribution in [-0.2, 0) is 27.9 Å². The van der Waals surface area contributed by atoms with E-state index in [9.17, 15) is 18.0 Å². The highest BCUT2D eigenvalue weighted by atomic mass is 19.4. The summed E-state index contributed by atoms with van der Waals surface area (Å²) in [6.45, 7) is 4.47. The molecule has 4 heterocycles. The van der Waals surface area contributed by atoms with Gasteiger partial charge in [-0.1, -0.05) is 42.5 Å². The van der Waals surface area contributed by atoms with Gasteiger partial charge in [-0.05, 0) is 64.5 Å². The van der Waals surface area contributed by atoms with Gasteiger partial charge >= 0.3 is 18.4 Å². The monoisotopic (exact) mass is 653 g/mol. The first-order valence-electron chi connectivity index (χ1n) is 14.7. The van der Waals surface area contributed by atoms with E-state index in [1.807, 2.05) is 0 Å². The first-order valence-corrected chi connectivity index (χ1v) is 14.7. The summed E-state index contributed by atoms with van der Waals surface area (Å²) in [7, 11) is 0. The van der Waals surface area contributed by atoms with Crippen LogP contribution in [0.2, 0.25) is 0 Å². The number of pyridine rings is 1. The van der Waals surface area contributed by atoms with Crippen molar-refractivity contribution >= 4 is 17.6 Å². The molecule has 2 aliphatic heterocycles. The second-order valence-corrected chi connectivity index (χ2v) is 12.1. The van der Waals surface area contributed by atoms with E-state index in [-0.39, 0.29) is 19.4 Å². The molecule has 0 spiro atoms. The van der Waals surface area contributed by atoms with Crippen LogP contribution >= 0.6 is 0 Å². The molecule has 0 radical (unpaired) electrons. The highest BCUT2D eigenvalue weighted by molar-refractivity contribution is 5.90. The van der Waals surface area contributed by atoms with Crippen molar-refractivity contribution in [2.75, 3.05) is 16.8 Å². The maximum atomic E-state index is 15.0. The van der Waals surface area contributed by atoms with Crippen LogP contribution < -0.4 is 10.2 Å². The number of carbonyl (C=O) groups excluding carboxylic acids is 1. The minimum Gasteiger partial charge on any atom is -0.444 e.